The molecule has 0 radical (unpaired) electrons. The second-order valence-electron chi connectivity index (χ2n) is 4.71. The van der Waals surface area contributed by atoms with Crippen molar-refractivity contribution in [2.24, 2.45) is 0 Å². The number of nitrogens with two attached hydrogens (primary N) is 1. The number of nitrogens with zero attached hydrogens (tertiary/aromatic N) is 3. The van der Waals surface area contributed by atoms with Crippen LogP contribution in [-0.2, 0) is 6.54 Å². The fourth-order valence-electron chi connectivity index (χ4n) is 2.00. The highest BCUT2D eigenvalue weighted by molar-refractivity contribution is 5.92. The van der Waals surface area contributed by atoms with Crippen LogP contribution in [0.3, 0.4) is 0 Å². The Morgan fingerprint density at radius 1 is 1.40 bits per heavy atom. The van der Waals surface area contributed by atoms with Crippen molar-refractivity contribution in [3.8, 4) is 0 Å². The van der Waals surface area contributed by atoms with Crippen LogP contribution in [0.4, 0.5) is 5.82 Å². The van der Waals surface area contributed by atoms with Gasteiger partial charge in [-0.3, -0.25) is 9.48 Å². The average Bonchev–Trinajstić information content (AvgIpc) is 2.73. The predicted molar refractivity (Wildman–Crippen MR) is 77.3 cm³/mol. The molecule has 2 aromatic rings. The van der Waals surface area contributed by atoms with Crippen molar-refractivity contribution in [1.82, 2.24) is 20.1 Å². The molecule has 0 fully saturated rings. The van der Waals surface area contributed by atoms with E-state index in [1.54, 1.807) is 18.2 Å². The van der Waals surface area contributed by atoms with Crippen molar-refractivity contribution in [3.05, 3.63) is 41.3 Å². The van der Waals surface area contributed by atoms with Crippen LogP contribution in [0.5, 0.6) is 0 Å². The van der Waals surface area contributed by atoms with Crippen LogP contribution in [0.1, 0.15) is 28.3 Å². The smallest absolute Gasteiger partial charge is 0.269 e. The summed E-state index contributed by atoms with van der Waals surface area (Å²) in [5.74, 6) is 0.144. The van der Waals surface area contributed by atoms with E-state index in [1.165, 1.54) is 0 Å². The molecule has 0 atom stereocenters. The maximum absolute atomic E-state index is 11.8. The maximum Gasteiger partial charge on any atom is 0.269 e. The third kappa shape index (κ3) is 3.57. The third-order valence-electron chi connectivity index (χ3n) is 2.94. The highest BCUT2D eigenvalue weighted by atomic mass is 16.1. The minimum Gasteiger partial charge on any atom is -0.384 e. The number of hydrogen-bond acceptors (Lipinski definition) is 4. The van der Waals surface area contributed by atoms with Crippen molar-refractivity contribution in [2.45, 2.75) is 26.8 Å². The molecular weight excluding hydrogens is 254 g/mol. The SMILES string of the molecule is Cc1cc(C)n(CCCNC(=O)c2cccc(N)n2)n1. The van der Waals surface area contributed by atoms with E-state index in [1.807, 2.05) is 24.6 Å². The van der Waals surface area contributed by atoms with Crippen LogP contribution < -0.4 is 11.1 Å². The summed E-state index contributed by atoms with van der Waals surface area (Å²) in [5, 5.41) is 7.20. The van der Waals surface area contributed by atoms with E-state index in [-0.39, 0.29) is 5.91 Å². The number of amides is 1. The van der Waals surface area contributed by atoms with Crippen molar-refractivity contribution in [1.29, 1.82) is 0 Å². The summed E-state index contributed by atoms with van der Waals surface area (Å²) in [6.45, 7) is 5.35. The van der Waals surface area contributed by atoms with Crippen LogP contribution >= 0.6 is 0 Å². The Labute approximate surface area is 118 Å². The normalized spacial score (nSPS) is 10.5. The number of anilines is 1. The summed E-state index contributed by atoms with van der Waals surface area (Å²) >= 11 is 0. The maximum atomic E-state index is 11.8. The van der Waals surface area contributed by atoms with Gasteiger partial charge in [0.1, 0.15) is 11.5 Å². The molecule has 6 heteroatoms. The number of aromatic nitrogens is 3. The minimum atomic E-state index is -0.203. The Hall–Kier alpha value is -2.37. The summed E-state index contributed by atoms with van der Waals surface area (Å²) in [6.07, 6.45) is 0.815. The molecule has 0 saturated heterocycles. The summed E-state index contributed by atoms with van der Waals surface area (Å²) < 4.78 is 1.94. The lowest BCUT2D eigenvalue weighted by atomic mass is 10.3. The lowest BCUT2D eigenvalue weighted by Gasteiger charge is -2.06. The van der Waals surface area contributed by atoms with Gasteiger partial charge >= 0.3 is 0 Å². The van der Waals surface area contributed by atoms with Crippen LogP contribution in [0, 0.1) is 13.8 Å². The van der Waals surface area contributed by atoms with Gasteiger partial charge in [0.25, 0.3) is 5.91 Å². The molecule has 0 spiro atoms. The monoisotopic (exact) mass is 273 g/mol. The number of pyridine rings is 1. The van der Waals surface area contributed by atoms with Gasteiger partial charge < -0.3 is 11.1 Å². The molecule has 2 aromatic heterocycles. The Bertz CT molecular complexity index is 605. The first-order valence-corrected chi connectivity index (χ1v) is 6.58. The third-order valence-corrected chi connectivity index (χ3v) is 2.94. The molecule has 2 heterocycles. The van der Waals surface area contributed by atoms with E-state index >= 15 is 0 Å². The van der Waals surface area contributed by atoms with E-state index in [4.69, 9.17) is 5.73 Å². The fourth-order valence-corrected chi connectivity index (χ4v) is 2.00. The van der Waals surface area contributed by atoms with Gasteiger partial charge in [0.15, 0.2) is 0 Å². The molecular formula is C14H19N5O. The van der Waals surface area contributed by atoms with Crippen LogP contribution in [-0.4, -0.2) is 27.2 Å². The van der Waals surface area contributed by atoms with Gasteiger partial charge in [-0.05, 0) is 38.5 Å². The Morgan fingerprint density at radius 3 is 2.85 bits per heavy atom. The highest BCUT2D eigenvalue weighted by Gasteiger charge is 2.06. The molecule has 3 N–H and O–H groups in total. The quantitative estimate of drug-likeness (QED) is 0.804. The molecule has 0 unspecified atom stereocenters. The fraction of sp³-hybridized carbons (Fsp3) is 0.357. The molecule has 0 aromatic carbocycles. The number of nitrogens with one attached hydrogen (secondary N) is 1. The Kier molecular flexibility index (Phi) is 4.34. The second-order valence-corrected chi connectivity index (χ2v) is 4.71. The van der Waals surface area contributed by atoms with Gasteiger partial charge in [0, 0.05) is 18.8 Å². The zero-order chi connectivity index (χ0) is 14.5. The van der Waals surface area contributed by atoms with Gasteiger partial charge in [-0.25, -0.2) is 4.98 Å². The lowest BCUT2D eigenvalue weighted by Crippen LogP contribution is -2.26. The van der Waals surface area contributed by atoms with E-state index in [0.29, 0.717) is 18.1 Å². The van der Waals surface area contributed by atoms with E-state index < -0.39 is 0 Å². The zero-order valence-electron chi connectivity index (χ0n) is 11.8. The molecule has 0 aliphatic carbocycles. The number of carbonyl (C=O) groups is 1. The van der Waals surface area contributed by atoms with Crippen molar-refractivity contribution >= 4 is 11.7 Å². The van der Waals surface area contributed by atoms with Crippen LogP contribution in [0.2, 0.25) is 0 Å². The number of hydrogen-bond donors (Lipinski definition) is 2. The number of aryl methyl sites for hydroxylation is 3. The topological polar surface area (TPSA) is 85.8 Å². The van der Waals surface area contributed by atoms with Crippen molar-refractivity contribution in [2.75, 3.05) is 12.3 Å². The lowest BCUT2D eigenvalue weighted by molar-refractivity contribution is 0.0947. The highest BCUT2D eigenvalue weighted by Crippen LogP contribution is 2.03. The standard InChI is InChI=1S/C14H19N5O/c1-10-9-11(2)19(18-10)8-4-7-16-14(20)12-5-3-6-13(15)17-12/h3,5-6,9H,4,7-8H2,1-2H3,(H2,15,17)(H,16,20). The summed E-state index contributed by atoms with van der Waals surface area (Å²) in [7, 11) is 0. The number of rotatable bonds is 5. The van der Waals surface area contributed by atoms with Gasteiger partial charge in [-0.2, -0.15) is 5.10 Å². The summed E-state index contributed by atoms with van der Waals surface area (Å²) in [4.78, 5) is 15.8. The van der Waals surface area contributed by atoms with E-state index in [9.17, 15) is 4.79 Å². The number of carbonyl (C=O) groups excluding carboxylic acids is 1. The molecule has 106 valence electrons. The first-order chi connectivity index (χ1) is 9.56. The largest absolute Gasteiger partial charge is 0.384 e. The Balaban J connectivity index is 1.79. The molecule has 0 aliphatic rings. The average molecular weight is 273 g/mol. The summed E-state index contributed by atoms with van der Waals surface area (Å²) in [6, 6.07) is 7.05. The van der Waals surface area contributed by atoms with E-state index in [2.05, 4.69) is 15.4 Å². The molecule has 0 aliphatic heterocycles. The molecule has 0 saturated carbocycles. The molecule has 20 heavy (non-hydrogen) atoms. The van der Waals surface area contributed by atoms with Crippen molar-refractivity contribution < 1.29 is 4.79 Å². The second kappa shape index (κ2) is 6.18. The van der Waals surface area contributed by atoms with Crippen LogP contribution in [0.25, 0.3) is 0 Å². The predicted octanol–water partition coefficient (Wildman–Crippen LogP) is 1.30. The van der Waals surface area contributed by atoms with Crippen LogP contribution in [0.15, 0.2) is 24.3 Å². The number of nitrogen functional groups attached to an aromatic ring is 1. The molecule has 0 bridgehead atoms. The molecule has 6 nitrogen and oxygen atoms in total. The van der Waals surface area contributed by atoms with Gasteiger partial charge in [-0.15, -0.1) is 0 Å². The first kappa shape index (κ1) is 14.0. The molecule has 1 amide bonds. The Morgan fingerprint density at radius 2 is 2.20 bits per heavy atom. The van der Waals surface area contributed by atoms with Gasteiger partial charge in [-0.1, -0.05) is 6.07 Å². The summed E-state index contributed by atoms with van der Waals surface area (Å²) in [5.41, 5.74) is 8.03. The van der Waals surface area contributed by atoms with E-state index in [0.717, 1.165) is 24.4 Å². The zero-order valence-corrected chi connectivity index (χ0v) is 11.8. The minimum absolute atomic E-state index is 0.203. The first-order valence-electron chi connectivity index (χ1n) is 6.58. The van der Waals surface area contributed by atoms with Gasteiger partial charge in [0.2, 0.25) is 0 Å². The van der Waals surface area contributed by atoms with Crippen molar-refractivity contribution in [3.63, 3.8) is 0 Å². The van der Waals surface area contributed by atoms with Gasteiger partial charge in [0.05, 0.1) is 5.69 Å². The molecule has 2 rings (SSSR count).